The van der Waals surface area contributed by atoms with Gasteiger partial charge in [-0.3, -0.25) is 4.79 Å². The number of anilines is 1. The smallest absolute Gasteiger partial charge is 0.449 e. The van der Waals surface area contributed by atoms with E-state index < -0.39 is 6.16 Å². The number of carbonyl (C=O) groups excluding carboxylic acids is 1. The first-order chi connectivity index (χ1) is 13.4. The first kappa shape index (κ1) is 20.1. The Kier molecular flexibility index (Phi) is 6.19. The van der Waals surface area contributed by atoms with Crippen molar-refractivity contribution in [3.8, 4) is 15.5 Å². The second kappa shape index (κ2) is 8.61. The van der Waals surface area contributed by atoms with Gasteiger partial charge in [-0.05, 0) is 51.2 Å². The molecule has 1 saturated carbocycles. The Morgan fingerprint density at radius 3 is 2.43 bits per heavy atom. The summed E-state index contributed by atoms with van der Waals surface area (Å²) in [6.07, 6.45) is 1.91. The first-order valence-electron chi connectivity index (χ1n) is 9.46. The molecule has 5 nitrogen and oxygen atoms in total. The van der Waals surface area contributed by atoms with Gasteiger partial charge in [0.05, 0.1) is 5.69 Å². The fourth-order valence-electron chi connectivity index (χ4n) is 3.55. The Hall–Kier alpha value is -2.60. The average molecular weight is 400 g/mol. The van der Waals surface area contributed by atoms with Crippen molar-refractivity contribution in [3.63, 3.8) is 0 Å². The van der Waals surface area contributed by atoms with Crippen LogP contribution in [0.15, 0.2) is 48.6 Å². The minimum absolute atomic E-state index is 0.0233. The Morgan fingerprint density at radius 2 is 1.86 bits per heavy atom. The molecule has 1 aliphatic rings. The molecule has 1 aliphatic carbocycles. The van der Waals surface area contributed by atoms with Crippen LogP contribution in [0.1, 0.15) is 39.5 Å². The number of ether oxygens (including phenoxy) is 1. The summed E-state index contributed by atoms with van der Waals surface area (Å²) in [7, 11) is 0. The van der Waals surface area contributed by atoms with Crippen LogP contribution in [0.5, 0.6) is 5.06 Å². The van der Waals surface area contributed by atoms with E-state index in [1.54, 1.807) is 4.90 Å². The van der Waals surface area contributed by atoms with Crippen LogP contribution in [-0.2, 0) is 4.79 Å². The summed E-state index contributed by atoms with van der Waals surface area (Å²) in [5.74, 6) is -0.0548. The zero-order chi connectivity index (χ0) is 20.3. The predicted octanol–water partition coefficient (Wildman–Crippen LogP) is 5.96. The highest BCUT2D eigenvalue weighted by Gasteiger charge is 2.32. The van der Waals surface area contributed by atoms with Crippen LogP contribution in [-0.4, -0.2) is 23.2 Å². The Bertz CT molecular complexity index is 862. The number of benzene rings is 1. The summed E-state index contributed by atoms with van der Waals surface area (Å²) < 4.78 is 5.06. The standard InChI is InChI=1S/C22H25NO4S/c1-14(2)23(20(24)17-11-9-15(3)10-12-17)18-13-19(16-7-5-4-6-8-16)28-21(18)27-22(25)26/h4-8,13-14,17H,3,9-12H2,1-2H3,(H,25,26). The summed E-state index contributed by atoms with van der Waals surface area (Å²) in [5, 5.41) is 9.41. The van der Waals surface area contributed by atoms with Crippen LogP contribution in [0.4, 0.5) is 10.5 Å². The normalized spacial score (nSPS) is 14.9. The summed E-state index contributed by atoms with van der Waals surface area (Å²) >= 11 is 1.24. The predicted molar refractivity (Wildman–Crippen MR) is 112 cm³/mol. The van der Waals surface area contributed by atoms with Crippen molar-refractivity contribution < 1.29 is 19.4 Å². The maximum absolute atomic E-state index is 13.3. The molecule has 3 rings (SSSR count). The second-order valence-corrected chi connectivity index (χ2v) is 8.36. The third-order valence-corrected chi connectivity index (χ3v) is 6.02. The van der Waals surface area contributed by atoms with Crippen molar-refractivity contribution in [2.45, 2.75) is 45.6 Å². The van der Waals surface area contributed by atoms with Crippen molar-refractivity contribution in [1.29, 1.82) is 0 Å². The van der Waals surface area contributed by atoms with Gasteiger partial charge in [0.2, 0.25) is 11.0 Å². The maximum atomic E-state index is 13.3. The summed E-state index contributed by atoms with van der Waals surface area (Å²) in [6, 6.07) is 11.4. The highest BCUT2D eigenvalue weighted by Crippen LogP contribution is 2.44. The largest absolute Gasteiger partial charge is 0.512 e. The number of carbonyl (C=O) groups is 2. The van der Waals surface area contributed by atoms with Crippen molar-refractivity contribution in [2.75, 3.05) is 4.90 Å². The van der Waals surface area contributed by atoms with Gasteiger partial charge in [-0.2, -0.15) is 0 Å². The van der Waals surface area contributed by atoms with Gasteiger partial charge in [-0.1, -0.05) is 53.8 Å². The third-order valence-electron chi connectivity index (χ3n) is 4.97. The molecule has 1 heterocycles. The van der Waals surface area contributed by atoms with Gasteiger partial charge in [-0.15, -0.1) is 0 Å². The Morgan fingerprint density at radius 1 is 1.21 bits per heavy atom. The van der Waals surface area contributed by atoms with E-state index in [1.807, 2.05) is 50.2 Å². The van der Waals surface area contributed by atoms with E-state index in [4.69, 9.17) is 4.74 Å². The molecule has 1 N–H and O–H groups in total. The van der Waals surface area contributed by atoms with E-state index in [1.165, 1.54) is 16.9 Å². The quantitative estimate of drug-likeness (QED) is 0.497. The van der Waals surface area contributed by atoms with Crippen LogP contribution in [0.3, 0.4) is 0 Å². The van der Waals surface area contributed by atoms with Crippen molar-refractivity contribution in [3.05, 3.63) is 48.6 Å². The molecule has 1 fully saturated rings. The molecule has 1 amide bonds. The molecule has 0 radical (unpaired) electrons. The number of carboxylic acid groups (broad SMARTS) is 1. The molecule has 2 aromatic rings. The number of hydrogen-bond donors (Lipinski definition) is 1. The lowest BCUT2D eigenvalue weighted by Gasteiger charge is -2.32. The second-order valence-electron chi connectivity index (χ2n) is 7.34. The topological polar surface area (TPSA) is 66.8 Å². The summed E-state index contributed by atoms with van der Waals surface area (Å²) in [4.78, 5) is 27.1. The Labute approximate surface area is 169 Å². The fraction of sp³-hybridized carbons (Fsp3) is 0.364. The number of nitrogens with zero attached hydrogens (tertiary/aromatic N) is 1. The van der Waals surface area contributed by atoms with Crippen molar-refractivity contribution in [1.82, 2.24) is 0 Å². The number of thiophene rings is 1. The minimum atomic E-state index is -1.38. The SMILES string of the molecule is C=C1CCC(C(=O)N(c2cc(-c3ccccc3)sc2OC(=O)O)C(C)C)CC1. The number of amides is 1. The molecule has 6 heteroatoms. The third kappa shape index (κ3) is 4.44. The molecule has 0 bridgehead atoms. The average Bonchev–Trinajstić information content (AvgIpc) is 3.05. The van der Waals surface area contributed by atoms with Crippen LogP contribution in [0.2, 0.25) is 0 Å². The van der Waals surface area contributed by atoms with Gasteiger partial charge in [0.15, 0.2) is 0 Å². The van der Waals surface area contributed by atoms with Crippen LogP contribution >= 0.6 is 11.3 Å². The minimum Gasteiger partial charge on any atom is -0.449 e. The molecule has 1 aromatic carbocycles. The van der Waals surface area contributed by atoms with E-state index in [0.29, 0.717) is 5.69 Å². The van der Waals surface area contributed by atoms with Gasteiger partial charge >= 0.3 is 6.16 Å². The molecule has 148 valence electrons. The van der Waals surface area contributed by atoms with E-state index in [9.17, 15) is 14.7 Å². The monoisotopic (exact) mass is 399 g/mol. The van der Waals surface area contributed by atoms with Crippen LogP contribution < -0.4 is 9.64 Å². The first-order valence-corrected chi connectivity index (χ1v) is 10.3. The highest BCUT2D eigenvalue weighted by atomic mass is 32.1. The van der Waals surface area contributed by atoms with E-state index in [2.05, 4.69) is 6.58 Å². The Balaban J connectivity index is 1.99. The molecule has 0 aliphatic heterocycles. The number of allylic oxidation sites excluding steroid dienone is 1. The number of hydrogen-bond acceptors (Lipinski definition) is 4. The van der Waals surface area contributed by atoms with Gasteiger partial charge in [0, 0.05) is 16.8 Å². The lowest BCUT2D eigenvalue weighted by atomic mass is 9.85. The van der Waals surface area contributed by atoms with Gasteiger partial charge in [0.25, 0.3) is 0 Å². The zero-order valence-corrected chi connectivity index (χ0v) is 17.0. The van der Waals surface area contributed by atoms with Crippen molar-refractivity contribution in [2.24, 2.45) is 5.92 Å². The molecule has 0 atom stereocenters. The lowest BCUT2D eigenvalue weighted by molar-refractivity contribution is -0.123. The maximum Gasteiger partial charge on any atom is 0.512 e. The van der Waals surface area contributed by atoms with Crippen LogP contribution in [0.25, 0.3) is 10.4 Å². The van der Waals surface area contributed by atoms with Gasteiger partial charge in [0.1, 0.15) is 0 Å². The molecule has 28 heavy (non-hydrogen) atoms. The molecule has 0 spiro atoms. The zero-order valence-electron chi connectivity index (χ0n) is 16.2. The lowest BCUT2D eigenvalue weighted by Crippen LogP contribution is -2.41. The number of rotatable bonds is 5. The molecule has 0 unspecified atom stereocenters. The van der Waals surface area contributed by atoms with Gasteiger partial charge in [-0.25, -0.2) is 4.79 Å². The summed E-state index contributed by atoms with van der Waals surface area (Å²) in [5.41, 5.74) is 2.67. The van der Waals surface area contributed by atoms with E-state index in [0.717, 1.165) is 36.1 Å². The van der Waals surface area contributed by atoms with Gasteiger partial charge < -0.3 is 14.7 Å². The van der Waals surface area contributed by atoms with E-state index in [-0.39, 0.29) is 22.9 Å². The highest BCUT2D eigenvalue weighted by molar-refractivity contribution is 7.18. The van der Waals surface area contributed by atoms with E-state index >= 15 is 0 Å². The molecular weight excluding hydrogens is 374 g/mol. The molecular formula is C22H25NO4S. The summed E-state index contributed by atoms with van der Waals surface area (Å²) in [6.45, 7) is 7.89. The van der Waals surface area contributed by atoms with Crippen LogP contribution in [0, 0.1) is 5.92 Å². The molecule has 1 aromatic heterocycles. The fourth-order valence-corrected chi connectivity index (χ4v) is 4.55. The molecule has 0 saturated heterocycles. The van der Waals surface area contributed by atoms with Crippen molar-refractivity contribution >= 4 is 29.1 Å².